The van der Waals surface area contributed by atoms with Crippen LogP contribution in [0.25, 0.3) is 0 Å². The number of ether oxygens (including phenoxy) is 1. The number of carbonyl (C=O) groups excluding carboxylic acids is 1. The quantitative estimate of drug-likeness (QED) is 0.826. The molecule has 0 bridgehead atoms. The lowest BCUT2D eigenvalue weighted by atomic mass is 10.1. The maximum absolute atomic E-state index is 12.2. The Morgan fingerprint density at radius 2 is 2.11 bits per heavy atom. The Morgan fingerprint density at radius 1 is 1.42 bits per heavy atom. The Labute approximate surface area is 109 Å². The minimum absolute atomic E-state index is 0.0791. The summed E-state index contributed by atoms with van der Waals surface area (Å²) < 4.78 is 28.9. The lowest BCUT2D eigenvalue weighted by molar-refractivity contribution is -0.126. The fourth-order valence-electron chi connectivity index (χ4n) is 1.90. The third kappa shape index (κ3) is 3.20. The van der Waals surface area contributed by atoms with Crippen molar-refractivity contribution in [2.75, 3.05) is 6.54 Å². The Hall–Kier alpha value is -1.69. The van der Waals surface area contributed by atoms with Crippen molar-refractivity contribution in [3.8, 4) is 5.75 Å². The lowest BCUT2D eigenvalue weighted by Crippen LogP contribution is -2.36. The number of hydrogen-bond acceptors (Lipinski definition) is 3. The molecule has 19 heavy (non-hydrogen) atoms. The maximum Gasteiger partial charge on any atom is 0.387 e. The summed E-state index contributed by atoms with van der Waals surface area (Å²) in [6.07, 6.45) is 1.56. The van der Waals surface area contributed by atoms with E-state index in [-0.39, 0.29) is 18.2 Å². The molecule has 0 atom stereocenters. The number of halogens is 2. The van der Waals surface area contributed by atoms with Crippen LogP contribution in [-0.2, 0) is 11.3 Å². The van der Waals surface area contributed by atoms with Gasteiger partial charge in [0.15, 0.2) is 0 Å². The highest BCUT2D eigenvalue weighted by atomic mass is 19.3. The third-order valence-electron chi connectivity index (χ3n) is 3.35. The van der Waals surface area contributed by atoms with Crippen molar-refractivity contribution in [2.45, 2.75) is 26.0 Å². The van der Waals surface area contributed by atoms with Crippen LogP contribution in [0.5, 0.6) is 5.75 Å². The zero-order valence-corrected chi connectivity index (χ0v) is 10.4. The monoisotopic (exact) mass is 270 g/mol. The van der Waals surface area contributed by atoms with Crippen molar-refractivity contribution < 1.29 is 18.3 Å². The van der Waals surface area contributed by atoms with E-state index in [9.17, 15) is 13.6 Å². The molecule has 1 amide bonds. The van der Waals surface area contributed by atoms with Gasteiger partial charge in [-0.25, -0.2) is 0 Å². The molecule has 104 valence electrons. The van der Waals surface area contributed by atoms with E-state index in [1.807, 2.05) is 0 Å². The molecule has 1 aromatic rings. The first-order valence-electron chi connectivity index (χ1n) is 6.08. The van der Waals surface area contributed by atoms with E-state index < -0.39 is 12.0 Å². The van der Waals surface area contributed by atoms with Crippen molar-refractivity contribution >= 4 is 5.91 Å². The minimum Gasteiger partial charge on any atom is -0.434 e. The summed E-state index contributed by atoms with van der Waals surface area (Å²) in [6.45, 7) is -2.41. The molecule has 0 unspecified atom stereocenters. The second kappa shape index (κ2) is 5.52. The SMILES string of the molecule is NCC1(C(=O)NCc2ccccc2OC(F)F)CC1. The summed E-state index contributed by atoms with van der Waals surface area (Å²) in [6, 6.07) is 6.39. The maximum atomic E-state index is 12.2. The van der Waals surface area contributed by atoms with Crippen LogP contribution in [0.2, 0.25) is 0 Å². The highest BCUT2D eigenvalue weighted by Gasteiger charge is 2.48. The van der Waals surface area contributed by atoms with E-state index in [1.54, 1.807) is 18.2 Å². The molecule has 0 saturated heterocycles. The first kappa shape index (κ1) is 13.7. The van der Waals surface area contributed by atoms with Gasteiger partial charge in [0.05, 0.1) is 5.41 Å². The standard InChI is InChI=1S/C13H16F2N2O2/c14-12(15)19-10-4-2-1-3-9(10)7-17-11(18)13(8-16)5-6-13/h1-4,12H,5-8,16H2,(H,17,18). The zero-order chi connectivity index (χ0) is 13.9. The van der Waals surface area contributed by atoms with Gasteiger partial charge >= 0.3 is 6.61 Å². The summed E-state index contributed by atoms with van der Waals surface area (Å²) in [4.78, 5) is 11.9. The highest BCUT2D eigenvalue weighted by Crippen LogP contribution is 2.44. The molecular formula is C13H16F2N2O2. The van der Waals surface area contributed by atoms with E-state index in [4.69, 9.17) is 5.73 Å². The molecule has 6 heteroatoms. The molecule has 2 rings (SSSR count). The van der Waals surface area contributed by atoms with Crippen LogP contribution in [0.15, 0.2) is 24.3 Å². The molecule has 1 aromatic carbocycles. The Kier molecular flexibility index (Phi) is 3.99. The van der Waals surface area contributed by atoms with Gasteiger partial charge in [0.1, 0.15) is 5.75 Å². The van der Waals surface area contributed by atoms with E-state index in [0.717, 1.165) is 12.8 Å². The van der Waals surface area contributed by atoms with Crippen LogP contribution < -0.4 is 15.8 Å². The number of amides is 1. The fourth-order valence-corrected chi connectivity index (χ4v) is 1.90. The number of para-hydroxylation sites is 1. The normalized spacial score (nSPS) is 16.2. The number of rotatable bonds is 6. The van der Waals surface area contributed by atoms with Gasteiger partial charge in [-0.3, -0.25) is 4.79 Å². The van der Waals surface area contributed by atoms with E-state index in [1.165, 1.54) is 6.07 Å². The first-order chi connectivity index (χ1) is 9.07. The molecule has 4 nitrogen and oxygen atoms in total. The summed E-state index contributed by atoms with van der Waals surface area (Å²) >= 11 is 0. The summed E-state index contributed by atoms with van der Waals surface area (Å²) in [5.41, 5.74) is 5.62. The largest absolute Gasteiger partial charge is 0.434 e. The summed E-state index contributed by atoms with van der Waals surface area (Å²) in [7, 11) is 0. The van der Waals surface area contributed by atoms with Gasteiger partial charge in [0.25, 0.3) is 0 Å². The molecule has 0 spiro atoms. The molecule has 1 saturated carbocycles. The highest BCUT2D eigenvalue weighted by molar-refractivity contribution is 5.85. The van der Waals surface area contributed by atoms with E-state index >= 15 is 0 Å². The topological polar surface area (TPSA) is 64.4 Å². The summed E-state index contributed by atoms with van der Waals surface area (Å²) in [5, 5.41) is 2.72. The Bertz CT molecular complexity index is 462. The second-order valence-corrected chi connectivity index (χ2v) is 4.65. The van der Waals surface area contributed by atoms with Crippen molar-refractivity contribution in [1.82, 2.24) is 5.32 Å². The minimum atomic E-state index is -2.88. The molecule has 0 aliphatic heterocycles. The summed E-state index contributed by atoms with van der Waals surface area (Å²) in [5.74, 6) is -0.0442. The number of nitrogens with one attached hydrogen (secondary N) is 1. The van der Waals surface area contributed by atoms with Crippen LogP contribution in [-0.4, -0.2) is 19.1 Å². The van der Waals surface area contributed by atoms with Crippen LogP contribution in [0.4, 0.5) is 8.78 Å². The first-order valence-corrected chi connectivity index (χ1v) is 6.08. The van der Waals surface area contributed by atoms with Gasteiger partial charge in [0.2, 0.25) is 5.91 Å². The second-order valence-electron chi connectivity index (χ2n) is 4.65. The number of alkyl halides is 2. The third-order valence-corrected chi connectivity index (χ3v) is 3.35. The van der Waals surface area contributed by atoms with Crippen LogP contribution in [0.3, 0.4) is 0 Å². The van der Waals surface area contributed by atoms with Gasteiger partial charge in [-0.1, -0.05) is 18.2 Å². The van der Waals surface area contributed by atoms with Crippen molar-refractivity contribution in [3.63, 3.8) is 0 Å². The van der Waals surface area contributed by atoms with Crippen LogP contribution in [0.1, 0.15) is 18.4 Å². The molecule has 3 N–H and O–H groups in total. The van der Waals surface area contributed by atoms with Crippen molar-refractivity contribution in [2.24, 2.45) is 11.1 Å². The molecule has 1 aliphatic carbocycles. The average molecular weight is 270 g/mol. The predicted molar refractivity (Wildman–Crippen MR) is 65.6 cm³/mol. The van der Waals surface area contributed by atoms with Gasteiger partial charge in [-0.05, 0) is 18.9 Å². The van der Waals surface area contributed by atoms with Crippen molar-refractivity contribution in [1.29, 1.82) is 0 Å². The molecule has 0 heterocycles. The van der Waals surface area contributed by atoms with Gasteiger partial charge in [-0.15, -0.1) is 0 Å². The van der Waals surface area contributed by atoms with E-state index in [2.05, 4.69) is 10.1 Å². The van der Waals surface area contributed by atoms with Crippen molar-refractivity contribution in [3.05, 3.63) is 29.8 Å². The van der Waals surface area contributed by atoms with Crippen LogP contribution in [0, 0.1) is 5.41 Å². The Balaban J connectivity index is 1.97. The molecular weight excluding hydrogens is 254 g/mol. The van der Waals surface area contributed by atoms with Gasteiger partial charge in [0, 0.05) is 18.7 Å². The van der Waals surface area contributed by atoms with Crippen LogP contribution >= 0.6 is 0 Å². The van der Waals surface area contributed by atoms with E-state index in [0.29, 0.717) is 12.1 Å². The fraction of sp³-hybridized carbons (Fsp3) is 0.462. The average Bonchev–Trinajstić information content (AvgIpc) is 3.18. The van der Waals surface area contributed by atoms with Gasteiger partial charge < -0.3 is 15.8 Å². The zero-order valence-electron chi connectivity index (χ0n) is 10.4. The smallest absolute Gasteiger partial charge is 0.387 e. The molecule has 1 aliphatic rings. The lowest BCUT2D eigenvalue weighted by Gasteiger charge is -2.14. The molecule has 0 aromatic heterocycles. The number of carbonyl (C=O) groups is 1. The number of nitrogens with two attached hydrogens (primary N) is 1. The molecule has 1 fully saturated rings. The predicted octanol–water partition coefficient (Wildman–Crippen LogP) is 1.64. The van der Waals surface area contributed by atoms with Gasteiger partial charge in [-0.2, -0.15) is 8.78 Å². The molecule has 0 radical (unpaired) electrons. The number of benzene rings is 1. The Morgan fingerprint density at radius 3 is 2.68 bits per heavy atom. The number of hydrogen-bond donors (Lipinski definition) is 2.